The molecule has 5 rings (SSSR count). The van der Waals surface area contributed by atoms with Gasteiger partial charge in [0.1, 0.15) is 11.5 Å². The number of aliphatic hydroxyl groups is 2. The van der Waals surface area contributed by atoms with Crippen molar-refractivity contribution in [2.75, 3.05) is 6.61 Å². The summed E-state index contributed by atoms with van der Waals surface area (Å²) < 4.78 is 11.6. The van der Waals surface area contributed by atoms with Crippen LogP contribution in [-0.4, -0.2) is 47.1 Å². The highest BCUT2D eigenvalue weighted by Gasteiger charge is 2.78. The SMILES string of the molecule is C=C1C(=O)C23CC1CCC2C12COC(O)C1C(C)(C)C(O)CC2OC3=O. The second kappa shape index (κ2) is 4.78. The van der Waals surface area contributed by atoms with Gasteiger partial charge in [-0.25, -0.2) is 0 Å². The molecule has 8 atom stereocenters. The maximum Gasteiger partial charge on any atom is 0.320 e. The van der Waals surface area contributed by atoms with Gasteiger partial charge in [-0.15, -0.1) is 0 Å². The topological polar surface area (TPSA) is 93.1 Å². The third kappa shape index (κ3) is 1.57. The first-order valence-electron chi connectivity index (χ1n) is 9.59. The summed E-state index contributed by atoms with van der Waals surface area (Å²) in [6.45, 7) is 8.08. The number of esters is 1. The normalized spacial score (nSPS) is 54.4. The van der Waals surface area contributed by atoms with E-state index in [0.717, 1.165) is 12.8 Å². The van der Waals surface area contributed by atoms with Gasteiger partial charge in [0.2, 0.25) is 0 Å². The summed E-state index contributed by atoms with van der Waals surface area (Å²) in [4.78, 5) is 26.3. The first-order chi connectivity index (χ1) is 12.2. The Morgan fingerprint density at radius 1 is 1.19 bits per heavy atom. The maximum absolute atomic E-state index is 13.2. The average Bonchev–Trinajstić information content (AvgIpc) is 3.03. The van der Waals surface area contributed by atoms with Crippen molar-refractivity contribution in [3.63, 3.8) is 0 Å². The molecule has 2 spiro atoms. The number of hydrogen-bond donors (Lipinski definition) is 2. The van der Waals surface area contributed by atoms with Crippen molar-refractivity contribution < 1.29 is 29.3 Å². The summed E-state index contributed by atoms with van der Waals surface area (Å²) in [7, 11) is 0. The van der Waals surface area contributed by atoms with E-state index >= 15 is 0 Å². The molecule has 2 heterocycles. The van der Waals surface area contributed by atoms with Crippen LogP contribution in [0.5, 0.6) is 0 Å². The van der Waals surface area contributed by atoms with Gasteiger partial charge in [0.25, 0.3) is 0 Å². The summed E-state index contributed by atoms with van der Waals surface area (Å²) in [5.74, 6) is -1.22. The fourth-order valence-electron chi connectivity index (χ4n) is 7.21. The van der Waals surface area contributed by atoms with Crippen molar-refractivity contribution in [3.8, 4) is 0 Å². The highest BCUT2D eigenvalue weighted by atomic mass is 16.6. The minimum absolute atomic E-state index is 0.0483. The second-order valence-electron chi connectivity index (χ2n) is 9.62. The number of ketones is 1. The predicted octanol–water partition coefficient (Wildman–Crippen LogP) is 1.20. The minimum Gasteiger partial charge on any atom is -0.461 e. The van der Waals surface area contributed by atoms with Crippen LogP contribution in [0.15, 0.2) is 12.2 Å². The lowest BCUT2D eigenvalue weighted by molar-refractivity contribution is -0.253. The Labute approximate surface area is 152 Å². The van der Waals surface area contributed by atoms with E-state index in [1.54, 1.807) is 0 Å². The molecule has 2 N–H and O–H groups in total. The zero-order chi connectivity index (χ0) is 18.6. The van der Waals surface area contributed by atoms with Crippen molar-refractivity contribution in [2.45, 2.75) is 58.0 Å². The summed E-state index contributed by atoms with van der Waals surface area (Å²) in [6, 6.07) is 0. The molecule has 0 radical (unpaired) electrons. The van der Waals surface area contributed by atoms with Gasteiger partial charge in [0.15, 0.2) is 12.1 Å². The van der Waals surface area contributed by atoms with Gasteiger partial charge in [-0.2, -0.15) is 0 Å². The first-order valence-corrected chi connectivity index (χ1v) is 9.59. The van der Waals surface area contributed by atoms with Crippen LogP contribution in [-0.2, 0) is 19.1 Å². The predicted molar refractivity (Wildman–Crippen MR) is 89.6 cm³/mol. The molecule has 0 amide bonds. The number of rotatable bonds is 0. The molecule has 26 heavy (non-hydrogen) atoms. The monoisotopic (exact) mass is 362 g/mol. The Hall–Kier alpha value is -1.24. The summed E-state index contributed by atoms with van der Waals surface area (Å²) in [5.41, 5.74) is -1.88. The molecule has 3 aliphatic carbocycles. The molecule has 2 bridgehead atoms. The van der Waals surface area contributed by atoms with Crippen molar-refractivity contribution in [3.05, 3.63) is 12.2 Å². The number of allylic oxidation sites excluding steroid dienone is 1. The minimum atomic E-state index is -1.18. The van der Waals surface area contributed by atoms with Gasteiger partial charge in [-0.05, 0) is 42.1 Å². The number of hydrogen-bond acceptors (Lipinski definition) is 6. The largest absolute Gasteiger partial charge is 0.461 e. The third-order valence-electron chi connectivity index (χ3n) is 8.48. The molecular formula is C20H26O6. The average molecular weight is 362 g/mol. The second-order valence-corrected chi connectivity index (χ2v) is 9.62. The van der Waals surface area contributed by atoms with Crippen molar-refractivity contribution >= 4 is 11.8 Å². The standard InChI is InChI=1S/C20H26O6/c1-9-10-4-5-11-19(7-10,15(9)22)17(24)26-13-6-12(21)18(2,3)14-16(23)25-8-20(11,13)14/h10-14,16,21,23H,1,4-8H2,2-3H3. The zero-order valence-corrected chi connectivity index (χ0v) is 15.2. The van der Waals surface area contributed by atoms with E-state index < -0.39 is 46.6 Å². The molecule has 8 unspecified atom stereocenters. The number of carbonyl (C=O) groups is 2. The van der Waals surface area contributed by atoms with Crippen LogP contribution in [0, 0.1) is 34.0 Å². The summed E-state index contributed by atoms with van der Waals surface area (Å²) in [5, 5.41) is 21.4. The lowest BCUT2D eigenvalue weighted by Crippen LogP contribution is -2.70. The van der Waals surface area contributed by atoms with E-state index in [0.29, 0.717) is 18.4 Å². The molecule has 5 aliphatic rings. The van der Waals surface area contributed by atoms with Crippen molar-refractivity contribution in [1.82, 2.24) is 0 Å². The van der Waals surface area contributed by atoms with Gasteiger partial charge < -0.3 is 19.7 Å². The molecule has 142 valence electrons. The summed E-state index contributed by atoms with van der Waals surface area (Å²) in [6.07, 6.45) is 0.0482. The van der Waals surface area contributed by atoms with Crippen LogP contribution >= 0.6 is 0 Å². The molecule has 3 saturated carbocycles. The number of fused-ring (bicyclic) bond motifs is 1. The molecule has 0 aromatic rings. The van der Waals surface area contributed by atoms with Crippen LogP contribution in [0.2, 0.25) is 0 Å². The maximum atomic E-state index is 13.2. The van der Waals surface area contributed by atoms with Crippen molar-refractivity contribution in [1.29, 1.82) is 0 Å². The number of Topliss-reactive ketones (excluding diaryl/α,β-unsaturated/α-hetero) is 1. The Morgan fingerprint density at radius 3 is 2.65 bits per heavy atom. The van der Waals surface area contributed by atoms with Crippen LogP contribution in [0.1, 0.15) is 39.5 Å². The molecule has 6 heteroatoms. The Morgan fingerprint density at radius 2 is 1.92 bits per heavy atom. The Balaban J connectivity index is 1.72. The van der Waals surface area contributed by atoms with Gasteiger partial charge in [0, 0.05) is 17.8 Å². The molecule has 6 nitrogen and oxygen atoms in total. The van der Waals surface area contributed by atoms with E-state index in [9.17, 15) is 19.8 Å². The third-order valence-corrected chi connectivity index (χ3v) is 8.48. The molecular weight excluding hydrogens is 336 g/mol. The van der Waals surface area contributed by atoms with Crippen molar-refractivity contribution in [2.24, 2.45) is 34.0 Å². The van der Waals surface area contributed by atoms with E-state index in [2.05, 4.69) is 6.58 Å². The number of carbonyl (C=O) groups excluding carboxylic acids is 2. The van der Waals surface area contributed by atoms with E-state index in [1.165, 1.54) is 0 Å². The quantitative estimate of drug-likeness (QED) is 0.382. The van der Waals surface area contributed by atoms with Crippen LogP contribution in [0.4, 0.5) is 0 Å². The number of aliphatic hydroxyl groups excluding tert-OH is 2. The van der Waals surface area contributed by atoms with E-state index in [1.807, 2.05) is 13.8 Å². The zero-order valence-electron chi connectivity index (χ0n) is 15.2. The smallest absolute Gasteiger partial charge is 0.320 e. The summed E-state index contributed by atoms with van der Waals surface area (Å²) >= 11 is 0. The molecule has 2 aliphatic heterocycles. The highest BCUT2D eigenvalue weighted by molar-refractivity contribution is 6.15. The lowest BCUT2D eigenvalue weighted by Gasteiger charge is -2.62. The van der Waals surface area contributed by atoms with Crippen LogP contribution < -0.4 is 0 Å². The van der Waals surface area contributed by atoms with Crippen LogP contribution in [0.3, 0.4) is 0 Å². The number of ether oxygens (including phenoxy) is 2. The van der Waals surface area contributed by atoms with Gasteiger partial charge in [-0.3, -0.25) is 9.59 Å². The molecule has 0 aromatic carbocycles. The fraction of sp³-hybridized carbons (Fsp3) is 0.800. The van der Waals surface area contributed by atoms with Gasteiger partial charge in [0.05, 0.1) is 12.7 Å². The van der Waals surface area contributed by atoms with Gasteiger partial charge >= 0.3 is 5.97 Å². The first kappa shape index (κ1) is 16.9. The molecule has 5 fully saturated rings. The van der Waals surface area contributed by atoms with Gasteiger partial charge in [-0.1, -0.05) is 20.4 Å². The highest BCUT2D eigenvalue weighted by Crippen LogP contribution is 2.71. The molecule has 2 saturated heterocycles. The van der Waals surface area contributed by atoms with E-state index in [4.69, 9.17) is 9.47 Å². The van der Waals surface area contributed by atoms with E-state index in [-0.39, 0.29) is 24.2 Å². The Bertz CT molecular complexity index is 728. The fourth-order valence-corrected chi connectivity index (χ4v) is 7.21. The molecule has 0 aromatic heterocycles. The Kier molecular flexibility index (Phi) is 3.10. The van der Waals surface area contributed by atoms with Crippen LogP contribution in [0.25, 0.3) is 0 Å². The lowest BCUT2D eigenvalue weighted by atomic mass is 9.43.